The molecule has 86 valence electrons. The Balaban J connectivity index is 2.80. The standard InChI is InChI=1S/C11H20N2O2/c1-4-13(9-6-15-7-9)10(11(12)14)5-8(2)3/h5,8-9H,4,6-7H2,1-3H3,(H2,12,14)/b10-5-. The summed E-state index contributed by atoms with van der Waals surface area (Å²) < 4.78 is 5.13. The number of hydrogen-bond acceptors (Lipinski definition) is 3. The number of carbonyl (C=O) groups is 1. The average Bonchev–Trinajstić information content (AvgIpc) is 2.06. The Morgan fingerprint density at radius 3 is 2.47 bits per heavy atom. The molecule has 0 aliphatic carbocycles. The number of hydrogen-bond donors (Lipinski definition) is 1. The van der Waals surface area contributed by atoms with Crippen molar-refractivity contribution in [1.82, 2.24) is 4.90 Å². The van der Waals surface area contributed by atoms with E-state index in [2.05, 4.69) is 0 Å². The molecule has 0 saturated carbocycles. The number of ether oxygens (including phenoxy) is 1. The topological polar surface area (TPSA) is 55.6 Å². The molecule has 0 aromatic rings. The molecule has 4 heteroatoms. The van der Waals surface area contributed by atoms with Crippen LogP contribution < -0.4 is 5.73 Å². The van der Waals surface area contributed by atoms with E-state index in [1.807, 2.05) is 31.7 Å². The van der Waals surface area contributed by atoms with Crippen molar-refractivity contribution in [2.75, 3.05) is 19.8 Å². The number of nitrogens with two attached hydrogens (primary N) is 1. The first kappa shape index (κ1) is 12.0. The van der Waals surface area contributed by atoms with Gasteiger partial charge in [0, 0.05) is 6.54 Å². The maximum Gasteiger partial charge on any atom is 0.264 e. The molecule has 0 aromatic carbocycles. The number of allylic oxidation sites excluding steroid dienone is 1. The van der Waals surface area contributed by atoms with Gasteiger partial charge in [-0.25, -0.2) is 0 Å². The third kappa shape index (κ3) is 2.96. The van der Waals surface area contributed by atoms with Gasteiger partial charge in [0.25, 0.3) is 5.91 Å². The van der Waals surface area contributed by atoms with Crippen LogP contribution in [0, 0.1) is 5.92 Å². The Kier molecular flexibility index (Phi) is 4.15. The molecule has 1 saturated heterocycles. The summed E-state index contributed by atoms with van der Waals surface area (Å²) in [6, 6.07) is 0.312. The molecule has 0 aromatic heterocycles. The molecule has 15 heavy (non-hydrogen) atoms. The monoisotopic (exact) mass is 212 g/mol. The van der Waals surface area contributed by atoms with E-state index in [9.17, 15) is 4.79 Å². The second kappa shape index (κ2) is 5.16. The molecule has 1 heterocycles. The molecule has 1 fully saturated rings. The van der Waals surface area contributed by atoms with E-state index < -0.39 is 0 Å². The summed E-state index contributed by atoms with van der Waals surface area (Å²) in [7, 11) is 0. The minimum Gasteiger partial charge on any atom is -0.377 e. The number of amides is 1. The van der Waals surface area contributed by atoms with Crippen molar-refractivity contribution in [3.63, 3.8) is 0 Å². The van der Waals surface area contributed by atoms with Gasteiger partial charge in [0.1, 0.15) is 0 Å². The molecular weight excluding hydrogens is 192 g/mol. The maximum atomic E-state index is 11.4. The third-order valence-electron chi connectivity index (χ3n) is 2.46. The third-order valence-corrected chi connectivity index (χ3v) is 2.46. The van der Waals surface area contributed by atoms with Crippen molar-refractivity contribution in [3.05, 3.63) is 11.8 Å². The quantitative estimate of drug-likeness (QED) is 0.684. The van der Waals surface area contributed by atoms with Crippen molar-refractivity contribution in [1.29, 1.82) is 0 Å². The molecular formula is C11H20N2O2. The van der Waals surface area contributed by atoms with Crippen LogP contribution in [-0.2, 0) is 9.53 Å². The lowest BCUT2D eigenvalue weighted by atomic mass is 10.1. The summed E-state index contributed by atoms with van der Waals surface area (Å²) in [6.45, 7) is 8.26. The SMILES string of the molecule is CCN(/C(=C\C(C)C)C(N)=O)C1COC1. The number of rotatable bonds is 5. The fourth-order valence-corrected chi connectivity index (χ4v) is 1.66. The van der Waals surface area contributed by atoms with Crippen LogP contribution in [0.2, 0.25) is 0 Å². The summed E-state index contributed by atoms with van der Waals surface area (Å²) in [5.41, 5.74) is 6.01. The predicted molar refractivity (Wildman–Crippen MR) is 59.1 cm³/mol. The molecule has 0 atom stereocenters. The minimum absolute atomic E-state index is 0.312. The van der Waals surface area contributed by atoms with Crippen LogP contribution in [-0.4, -0.2) is 36.6 Å². The highest BCUT2D eigenvalue weighted by molar-refractivity contribution is 5.91. The molecule has 0 unspecified atom stereocenters. The Bertz CT molecular complexity index is 257. The minimum atomic E-state index is -0.350. The average molecular weight is 212 g/mol. The molecule has 0 spiro atoms. The molecule has 1 aliphatic heterocycles. The zero-order valence-corrected chi connectivity index (χ0v) is 9.69. The lowest BCUT2D eigenvalue weighted by molar-refractivity contribution is -0.118. The van der Waals surface area contributed by atoms with Crippen LogP contribution in [0.15, 0.2) is 11.8 Å². The highest BCUT2D eigenvalue weighted by atomic mass is 16.5. The fraction of sp³-hybridized carbons (Fsp3) is 0.727. The molecule has 4 nitrogen and oxygen atoms in total. The summed E-state index contributed by atoms with van der Waals surface area (Å²) in [6.07, 6.45) is 1.92. The second-order valence-electron chi connectivity index (χ2n) is 4.14. The molecule has 0 radical (unpaired) electrons. The number of carbonyl (C=O) groups excluding carboxylic acids is 1. The van der Waals surface area contributed by atoms with Crippen molar-refractivity contribution >= 4 is 5.91 Å². The smallest absolute Gasteiger partial charge is 0.264 e. The van der Waals surface area contributed by atoms with Crippen molar-refractivity contribution in [2.45, 2.75) is 26.8 Å². The first-order valence-electron chi connectivity index (χ1n) is 5.42. The van der Waals surface area contributed by atoms with E-state index in [1.165, 1.54) is 0 Å². The molecule has 1 amide bonds. The van der Waals surface area contributed by atoms with Crippen LogP contribution in [0.1, 0.15) is 20.8 Å². The van der Waals surface area contributed by atoms with Crippen LogP contribution >= 0.6 is 0 Å². The first-order chi connectivity index (χ1) is 7.06. The van der Waals surface area contributed by atoms with Crippen LogP contribution in [0.25, 0.3) is 0 Å². The van der Waals surface area contributed by atoms with E-state index >= 15 is 0 Å². The summed E-state index contributed by atoms with van der Waals surface area (Å²) >= 11 is 0. The van der Waals surface area contributed by atoms with Gasteiger partial charge >= 0.3 is 0 Å². The highest BCUT2D eigenvalue weighted by Gasteiger charge is 2.28. The van der Waals surface area contributed by atoms with Gasteiger partial charge in [-0.05, 0) is 12.8 Å². The number of primary amides is 1. The normalized spacial score (nSPS) is 17.7. The fourth-order valence-electron chi connectivity index (χ4n) is 1.66. The van der Waals surface area contributed by atoms with E-state index in [0.717, 1.165) is 6.54 Å². The number of nitrogens with zero attached hydrogens (tertiary/aromatic N) is 1. The molecule has 0 bridgehead atoms. The molecule has 2 N–H and O–H groups in total. The van der Waals surface area contributed by atoms with Crippen LogP contribution in [0.4, 0.5) is 0 Å². The lowest BCUT2D eigenvalue weighted by Gasteiger charge is -2.38. The van der Waals surface area contributed by atoms with Gasteiger partial charge in [0.05, 0.1) is 25.0 Å². The summed E-state index contributed by atoms with van der Waals surface area (Å²) in [5.74, 6) is -0.0278. The van der Waals surface area contributed by atoms with E-state index in [-0.39, 0.29) is 5.91 Å². The van der Waals surface area contributed by atoms with Crippen molar-refractivity contribution in [3.8, 4) is 0 Å². The Morgan fingerprint density at radius 1 is 1.60 bits per heavy atom. The maximum absolute atomic E-state index is 11.4. The van der Waals surface area contributed by atoms with Crippen molar-refractivity contribution < 1.29 is 9.53 Å². The van der Waals surface area contributed by atoms with Gasteiger partial charge < -0.3 is 15.4 Å². The largest absolute Gasteiger partial charge is 0.377 e. The van der Waals surface area contributed by atoms with Gasteiger partial charge in [0.15, 0.2) is 0 Å². The summed E-state index contributed by atoms with van der Waals surface area (Å²) in [4.78, 5) is 13.4. The first-order valence-corrected chi connectivity index (χ1v) is 5.42. The molecule has 1 aliphatic rings. The predicted octanol–water partition coefficient (Wildman–Crippen LogP) is 0.732. The highest BCUT2D eigenvalue weighted by Crippen LogP contribution is 2.17. The Labute approximate surface area is 91.1 Å². The zero-order chi connectivity index (χ0) is 11.4. The molecule has 1 rings (SSSR count). The summed E-state index contributed by atoms with van der Waals surface area (Å²) in [5, 5.41) is 0. The lowest BCUT2D eigenvalue weighted by Crippen LogP contribution is -2.50. The van der Waals surface area contributed by atoms with Gasteiger partial charge in [-0.15, -0.1) is 0 Å². The van der Waals surface area contributed by atoms with Crippen molar-refractivity contribution in [2.24, 2.45) is 11.7 Å². The van der Waals surface area contributed by atoms with Gasteiger partial charge in [-0.3, -0.25) is 4.79 Å². The zero-order valence-electron chi connectivity index (χ0n) is 9.69. The Hall–Kier alpha value is -1.03. The Morgan fingerprint density at radius 2 is 2.20 bits per heavy atom. The van der Waals surface area contributed by atoms with Gasteiger partial charge in [-0.1, -0.05) is 19.9 Å². The van der Waals surface area contributed by atoms with Crippen LogP contribution in [0.5, 0.6) is 0 Å². The van der Waals surface area contributed by atoms with E-state index in [4.69, 9.17) is 10.5 Å². The number of likely N-dealkylation sites (N-methyl/N-ethyl adjacent to an activating group) is 1. The van der Waals surface area contributed by atoms with Gasteiger partial charge in [0.2, 0.25) is 0 Å². The van der Waals surface area contributed by atoms with Crippen LogP contribution in [0.3, 0.4) is 0 Å². The van der Waals surface area contributed by atoms with E-state index in [1.54, 1.807) is 0 Å². The second-order valence-corrected chi connectivity index (χ2v) is 4.14. The van der Waals surface area contributed by atoms with E-state index in [0.29, 0.717) is 30.9 Å². The van der Waals surface area contributed by atoms with Gasteiger partial charge in [-0.2, -0.15) is 0 Å².